The van der Waals surface area contributed by atoms with Crippen LogP contribution < -0.4 is 14.8 Å². The maximum atomic E-state index is 12.9. The summed E-state index contributed by atoms with van der Waals surface area (Å²) in [5, 5.41) is 5.88. The standard InChI is InChI=1S/C23H24N2O3S/c1-5-9-17-12-18(13-20(27-3)21(17)28-4)22(26)24-15(2)23-25-19(14-29-23)16-10-7-6-8-11-16/h5-8,10-15H,1,9H2,2-4H3,(H,24,26). The number of thiazole rings is 1. The van der Waals surface area contributed by atoms with Crippen LogP contribution in [0.25, 0.3) is 11.3 Å². The molecule has 0 saturated carbocycles. The largest absolute Gasteiger partial charge is 0.493 e. The summed E-state index contributed by atoms with van der Waals surface area (Å²) in [6.45, 7) is 5.70. The van der Waals surface area contributed by atoms with Crippen molar-refractivity contribution in [3.8, 4) is 22.8 Å². The molecule has 0 fully saturated rings. The summed E-state index contributed by atoms with van der Waals surface area (Å²) in [6.07, 6.45) is 2.34. The predicted octanol–water partition coefficient (Wildman–Crippen LogP) is 5.05. The first kappa shape index (κ1) is 20.6. The molecule has 3 aromatic rings. The number of carbonyl (C=O) groups is 1. The normalized spacial score (nSPS) is 11.6. The van der Waals surface area contributed by atoms with Gasteiger partial charge in [-0.15, -0.1) is 17.9 Å². The highest BCUT2D eigenvalue weighted by Gasteiger charge is 2.19. The van der Waals surface area contributed by atoms with Crippen molar-refractivity contribution in [2.45, 2.75) is 19.4 Å². The number of hydrogen-bond donors (Lipinski definition) is 1. The van der Waals surface area contributed by atoms with Crippen molar-refractivity contribution in [2.24, 2.45) is 0 Å². The average molecular weight is 409 g/mol. The lowest BCUT2D eigenvalue weighted by Crippen LogP contribution is -2.26. The quantitative estimate of drug-likeness (QED) is 0.530. The number of aromatic nitrogens is 1. The number of allylic oxidation sites excluding steroid dienone is 1. The molecule has 1 N–H and O–H groups in total. The molecule has 0 spiro atoms. The molecular weight excluding hydrogens is 384 g/mol. The number of ether oxygens (including phenoxy) is 2. The molecule has 0 saturated heterocycles. The zero-order chi connectivity index (χ0) is 20.8. The van der Waals surface area contributed by atoms with Gasteiger partial charge in [-0.3, -0.25) is 4.79 Å². The van der Waals surface area contributed by atoms with Crippen molar-refractivity contribution in [3.05, 3.63) is 76.6 Å². The van der Waals surface area contributed by atoms with E-state index in [9.17, 15) is 4.79 Å². The van der Waals surface area contributed by atoms with Crippen LogP contribution in [0.3, 0.4) is 0 Å². The van der Waals surface area contributed by atoms with E-state index in [1.54, 1.807) is 26.4 Å². The second-order valence-electron chi connectivity index (χ2n) is 6.50. The van der Waals surface area contributed by atoms with Crippen molar-refractivity contribution in [1.29, 1.82) is 0 Å². The Hall–Kier alpha value is -3.12. The summed E-state index contributed by atoms with van der Waals surface area (Å²) in [4.78, 5) is 17.6. The summed E-state index contributed by atoms with van der Waals surface area (Å²) in [7, 11) is 3.14. The lowest BCUT2D eigenvalue weighted by atomic mass is 10.0. The molecule has 29 heavy (non-hydrogen) atoms. The third kappa shape index (κ3) is 4.66. The fourth-order valence-electron chi connectivity index (χ4n) is 3.05. The van der Waals surface area contributed by atoms with E-state index >= 15 is 0 Å². The number of hydrogen-bond acceptors (Lipinski definition) is 5. The van der Waals surface area contributed by atoms with Gasteiger partial charge in [-0.05, 0) is 25.5 Å². The van der Waals surface area contributed by atoms with Gasteiger partial charge in [0, 0.05) is 22.1 Å². The average Bonchev–Trinajstić information content (AvgIpc) is 3.24. The molecule has 0 aliphatic heterocycles. The van der Waals surface area contributed by atoms with Gasteiger partial charge in [0.15, 0.2) is 11.5 Å². The van der Waals surface area contributed by atoms with E-state index in [-0.39, 0.29) is 11.9 Å². The number of amides is 1. The molecule has 6 heteroatoms. The topological polar surface area (TPSA) is 60.5 Å². The number of nitrogens with one attached hydrogen (secondary N) is 1. The second-order valence-corrected chi connectivity index (χ2v) is 7.39. The first-order chi connectivity index (χ1) is 14.1. The highest BCUT2D eigenvalue weighted by atomic mass is 32.1. The third-order valence-corrected chi connectivity index (χ3v) is 5.52. The zero-order valence-electron chi connectivity index (χ0n) is 16.8. The fourth-order valence-corrected chi connectivity index (χ4v) is 3.89. The molecular formula is C23H24N2O3S. The molecule has 0 aliphatic rings. The lowest BCUT2D eigenvalue weighted by molar-refractivity contribution is 0.0939. The summed E-state index contributed by atoms with van der Waals surface area (Å²) >= 11 is 1.53. The molecule has 3 rings (SSSR count). The van der Waals surface area contributed by atoms with Crippen LogP contribution in [0, 0.1) is 0 Å². The van der Waals surface area contributed by atoms with Crippen LogP contribution >= 0.6 is 11.3 Å². The molecule has 0 aliphatic carbocycles. The van der Waals surface area contributed by atoms with E-state index in [4.69, 9.17) is 9.47 Å². The Kier molecular flexibility index (Phi) is 6.67. The van der Waals surface area contributed by atoms with Gasteiger partial charge in [0.2, 0.25) is 0 Å². The molecule has 1 amide bonds. The summed E-state index contributed by atoms with van der Waals surface area (Å²) in [5.74, 6) is 0.940. The molecule has 1 heterocycles. The van der Waals surface area contributed by atoms with E-state index in [0.717, 1.165) is 21.8 Å². The van der Waals surface area contributed by atoms with E-state index in [1.807, 2.05) is 48.7 Å². The Morgan fingerprint density at radius 3 is 2.66 bits per heavy atom. The van der Waals surface area contributed by atoms with Crippen LogP contribution in [0.2, 0.25) is 0 Å². The van der Waals surface area contributed by atoms with Crippen LogP contribution in [0.5, 0.6) is 11.5 Å². The fraction of sp³-hybridized carbons (Fsp3) is 0.217. The van der Waals surface area contributed by atoms with Crippen molar-refractivity contribution in [2.75, 3.05) is 14.2 Å². The SMILES string of the molecule is C=CCc1cc(C(=O)NC(C)c2nc(-c3ccccc3)cs2)cc(OC)c1OC. The molecule has 150 valence electrons. The molecule has 0 radical (unpaired) electrons. The Bertz CT molecular complexity index is 999. The highest BCUT2D eigenvalue weighted by molar-refractivity contribution is 7.10. The Labute approximate surface area is 175 Å². The van der Waals surface area contributed by atoms with Crippen molar-refractivity contribution in [1.82, 2.24) is 10.3 Å². The smallest absolute Gasteiger partial charge is 0.251 e. The summed E-state index contributed by atoms with van der Waals surface area (Å²) < 4.78 is 10.8. The number of rotatable bonds is 8. The predicted molar refractivity (Wildman–Crippen MR) is 117 cm³/mol. The third-order valence-electron chi connectivity index (χ3n) is 4.49. The van der Waals surface area contributed by atoms with E-state index in [0.29, 0.717) is 23.5 Å². The van der Waals surface area contributed by atoms with Crippen LogP contribution in [0.4, 0.5) is 0 Å². The molecule has 2 aromatic carbocycles. The highest BCUT2D eigenvalue weighted by Crippen LogP contribution is 2.33. The van der Waals surface area contributed by atoms with Gasteiger partial charge in [-0.25, -0.2) is 4.98 Å². The van der Waals surface area contributed by atoms with Crippen molar-refractivity contribution in [3.63, 3.8) is 0 Å². The monoisotopic (exact) mass is 408 g/mol. The Balaban J connectivity index is 1.80. The molecule has 1 atom stereocenters. The van der Waals surface area contributed by atoms with Crippen LogP contribution in [0.15, 0.2) is 60.5 Å². The maximum Gasteiger partial charge on any atom is 0.251 e. The van der Waals surface area contributed by atoms with Crippen molar-refractivity contribution >= 4 is 17.2 Å². The number of carbonyl (C=O) groups excluding carboxylic acids is 1. The molecule has 1 aromatic heterocycles. The van der Waals surface area contributed by atoms with E-state index in [1.165, 1.54) is 11.3 Å². The Morgan fingerprint density at radius 2 is 2.00 bits per heavy atom. The van der Waals surface area contributed by atoms with Crippen LogP contribution in [-0.4, -0.2) is 25.1 Å². The molecule has 5 nitrogen and oxygen atoms in total. The van der Waals surface area contributed by atoms with Crippen LogP contribution in [-0.2, 0) is 6.42 Å². The summed E-state index contributed by atoms with van der Waals surface area (Å²) in [6, 6.07) is 13.3. The van der Waals surface area contributed by atoms with Crippen LogP contribution in [0.1, 0.15) is 33.9 Å². The first-order valence-electron chi connectivity index (χ1n) is 9.24. The van der Waals surface area contributed by atoms with Crippen molar-refractivity contribution < 1.29 is 14.3 Å². The van der Waals surface area contributed by atoms with Gasteiger partial charge >= 0.3 is 0 Å². The van der Waals surface area contributed by atoms with Gasteiger partial charge in [0.25, 0.3) is 5.91 Å². The minimum Gasteiger partial charge on any atom is -0.493 e. The van der Waals surface area contributed by atoms with Gasteiger partial charge in [0.05, 0.1) is 26.0 Å². The van der Waals surface area contributed by atoms with E-state index < -0.39 is 0 Å². The molecule has 1 unspecified atom stereocenters. The van der Waals surface area contributed by atoms with E-state index in [2.05, 4.69) is 16.9 Å². The van der Waals surface area contributed by atoms with Gasteiger partial charge in [0.1, 0.15) is 5.01 Å². The number of nitrogens with zero attached hydrogens (tertiary/aromatic N) is 1. The minimum absolute atomic E-state index is 0.194. The zero-order valence-corrected chi connectivity index (χ0v) is 17.6. The Morgan fingerprint density at radius 1 is 1.24 bits per heavy atom. The number of methoxy groups -OCH3 is 2. The van der Waals surface area contributed by atoms with Gasteiger partial charge in [-0.2, -0.15) is 0 Å². The number of benzene rings is 2. The van der Waals surface area contributed by atoms with Gasteiger partial charge < -0.3 is 14.8 Å². The minimum atomic E-state index is -0.221. The maximum absolute atomic E-state index is 12.9. The summed E-state index contributed by atoms with van der Waals surface area (Å²) in [5.41, 5.74) is 3.32. The van der Waals surface area contributed by atoms with Gasteiger partial charge in [-0.1, -0.05) is 36.4 Å². The second kappa shape index (κ2) is 9.39. The first-order valence-corrected chi connectivity index (χ1v) is 10.1. The molecule has 0 bridgehead atoms. The lowest BCUT2D eigenvalue weighted by Gasteiger charge is -2.16.